The van der Waals surface area contributed by atoms with Gasteiger partial charge in [0.05, 0.1) is 19.4 Å². The van der Waals surface area contributed by atoms with Crippen LogP contribution in [0.1, 0.15) is 70.0 Å². The second kappa shape index (κ2) is 15.7. The summed E-state index contributed by atoms with van der Waals surface area (Å²) < 4.78 is 48.5. The van der Waals surface area contributed by atoms with Crippen molar-refractivity contribution in [2.45, 2.75) is 85.1 Å². The fraction of sp³-hybridized carbons (Fsp3) is 0.410. The molecule has 0 bridgehead atoms. The lowest BCUT2D eigenvalue weighted by molar-refractivity contribution is 0.233. The van der Waals surface area contributed by atoms with Crippen molar-refractivity contribution in [3.63, 3.8) is 0 Å². The van der Waals surface area contributed by atoms with Crippen LogP contribution >= 0.6 is 0 Å². The first-order valence-corrected chi connectivity index (χ1v) is 20.2. The number of hydrogen-bond acceptors (Lipinski definition) is 8. The van der Waals surface area contributed by atoms with Crippen molar-refractivity contribution < 1.29 is 22.7 Å². The largest absolute Gasteiger partial charge is 0.494 e. The Bertz CT molecular complexity index is 1800. The monoisotopic (exact) mass is 701 g/mol. The lowest BCUT2D eigenvalue weighted by Gasteiger charge is -2.37. The van der Waals surface area contributed by atoms with Gasteiger partial charge in [-0.3, -0.25) is 4.98 Å². The third kappa shape index (κ3) is 8.33. The van der Waals surface area contributed by atoms with Crippen molar-refractivity contribution in [1.82, 2.24) is 15.0 Å². The van der Waals surface area contributed by atoms with Crippen LogP contribution in [-0.2, 0) is 11.0 Å². The maximum atomic E-state index is 15.2. The highest BCUT2D eigenvalue weighted by Gasteiger charge is 2.37. The number of aryl methyl sites for hydroxylation is 1. The molecular weight excluding hydrogens is 653 g/mol. The van der Waals surface area contributed by atoms with Gasteiger partial charge in [0.1, 0.15) is 17.4 Å². The van der Waals surface area contributed by atoms with Crippen LogP contribution in [0.15, 0.2) is 67.1 Å². The van der Waals surface area contributed by atoms with E-state index in [1.165, 1.54) is 12.1 Å². The molecule has 1 aliphatic heterocycles. The van der Waals surface area contributed by atoms with Crippen molar-refractivity contribution in [3.8, 4) is 11.5 Å². The molecule has 0 aliphatic carbocycles. The molecule has 1 aliphatic rings. The third-order valence-electron chi connectivity index (χ3n) is 9.52. The SMILES string of the molecule is CCOc1cc(F)c(CN2c3ccccc3C(c3ncc(OCCCO[Si](C)(C)C(C)(C)C)c(Nc4ccncc4C)n3)=CC2CC)c(F)c1. The molecule has 50 heavy (non-hydrogen) atoms. The van der Waals surface area contributed by atoms with Gasteiger partial charge in [-0.1, -0.05) is 52.0 Å². The number of rotatable bonds is 14. The van der Waals surface area contributed by atoms with E-state index in [-0.39, 0.29) is 28.9 Å². The van der Waals surface area contributed by atoms with E-state index >= 15 is 8.78 Å². The zero-order valence-electron chi connectivity index (χ0n) is 30.4. The minimum absolute atomic E-state index is 0.00905. The summed E-state index contributed by atoms with van der Waals surface area (Å²) in [5, 5.41) is 3.59. The van der Waals surface area contributed by atoms with Crippen molar-refractivity contribution in [2.24, 2.45) is 0 Å². The maximum Gasteiger partial charge on any atom is 0.191 e. The minimum atomic E-state index is -1.86. The first-order chi connectivity index (χ1) is 23.8. The highest BCUT2D eigenvalue weighted by Crippen LogP contribution is 2.40. The molecule has 1 N–H and O–H groups in total. The summed E-state index contributed by atoms with van der Waals surface area (Å²) in [6.07, 6.45) is 8.73. The van der Waals surface area contributed by atoms with Gasteiger partial charge < -0.3 is 24.1 Å². The van der Waals surface area contributed by atoms with E-state index < -0.39 is 20.0 Å². The van der Waals surface area contributed by atoms with E-state index in [0.717, 1.165) is 34.5 Å². The summed E-state index contributed by atoms with van der Waals surface area (Å²) in [6, 6.07) is 12.0. The van der Waals surface area contributed by atoms with E-state index in [4.69, 9.17) is 23.9 Å². The van der Waals surface area contributed by atoms with Crippen molar-refractivity contribution in [2.75, 3.05) is 30.0 Å². The van der Waals surface area contributed by atoms with Crippen LogP contribution in [0.3, 0.4) is 0 Å². The van der Waals surface area contributed by atoms with Crippen molar-refractivity contribution >= 4 is 31.1 Å². The topological polar surface area (TPSA) is 81.6 Å². The standard InChI is InChI=1S/C39H49F2N5O3Si/c1-9-27-20-30(29-14-11-12-15-35(29)46(27)25-31-32(40)21-28(47-10-2)22-33(31)41)37-43-24-36(38(45-37)44-34-16-17-42-23-26(34)3)48-18-13-19-49-50(7,8)39(4,5)6/h11-12,14-17,20-24,27H,9-10,13,18-19,25H2,1-8H3,(H,42,43,44,45). The maximum absolute atomic E-state index is 15.2. The number of fused-ring (bicyclic) bond motifs is 1. The Kier molecular flexibility index (Phi) is 11.6. The highest BCUT2D eigenvalue weighted by atomic mass is 28.4. The van der Waals surface area contributed by atoms with Crippen LogP contribution in [0.4, 0.5) is 26.0 Å². The molecule has 266 valence electrons. The average molecular weight is 702 g/mol. The normalized spacial score (nSPS) is 14.6. The minimum Gasteiger partial charge on any atom is -0.494 e. The van der Waals surface area contributed by atoms with Gasteiger partial charge in [0.15, 0.2) is 25.7 Å². The summed E-state index contributed by atoms with van der Waals surface area (Å²) >= 11 is 0. The Morgan fingerprint density at radius 3 is 2.40 bits per heavy atom. The molecule has 0 radical (unpaired) electrons. The summed E-state index contributed by atoms with van der Waals surface area (Å²) in [7, 11) is -1.86. The number of pyridine rings is 1. The van der Waals surface area contributed by atoms with E-state index in [1.807, 2.05) is 42.2 Å². The summed E-state index contributed by atoms with van der Waals surface area (Å²) in [4.78, 5) is 16.1. The first-order valence-electron chi connectivity index (χ1n) is 17.3. The van der Waals surface area contributed by atoms with Gasteiger partial charge in [-0.15, -0.1) is 0 Å². The molecule has 3 heterocycles. The van der Waals surface area contributed by atoms with Crippen molar-refractivity contribution in [1.29, 1.82) is 0 Å². The fourth-order valence-corrected chi connectivity index (χ4v) is 6.70. The number of benzene rings is 2. The Hall–Kier alpha value is -4.35. The van der Waals surface area contributed by atoms with Gasteiger partial charge in [-0.25, -0.2) is 18.7 Å². The van der Waals surface area contributed by atoms with Crippen LogP contribution in [0.2, 0.25) is 18.1 Å². The molecule has 8 nitrogen and oxygen atoms in total. The molecule has 1 atom stereocenters. The van der Waals surface area contributed by atoms with Gasteiger partial charge in [-0.2, -0.15) is 0 Å². The van der Waals surface area contributed by atoms with Gasteiger partial charge in [-0.05, 0) is 56.1 Å². The third-order valence-corrected chi connectivity index (χ3v) is 14.1. The van der Waals surface area contributed by atoms with E-state index in [2.05, 4.69) is 57.2 Å². The molecule has 0 saturated carbocycles. The molecule has 0 fully saturated rings. The van der Waals surface area contributed by atoms with E-state index in [0.29, 0.717) is 43.6 Å². The summed E-state index contributed by atoms with van der Waals surface area (Å²) in [5.41, 5.74) is 4.34. The molecule has 0 amide bonds. The molecule has 2 aromatic heterocycles. The summed E-state index contributed by atoms with van der Waals surface area (Å²) in [6.45, 7) is 18.4. The highest BCUT2D eigenvalue weighted by molar-refractivity contribution is 6.74. The van der Waals surface area contributed by atoms with Gasteiger partial charge in [0.2, 0.25) is 0 Å². The molecule has 1 unspecified atom stereocenters. The molecule has 2 aromatic carbocycles. The van der Waals surface area contributed by atoms with E-state index in [1.54, 1.807) is 25.5 Å². The Morgan fingerprint density at radius 2 is 1.72 bits per heavy atom. The predicted molar refractivity (Wildman–Crippen MR) is 199 cm³/mol. The number of halogens is 2. The van der Waals surface area contributed by atoms with Gasteiger partial charge >= 0.3 is 0 Å². The number of aromatic nitrogens is 3. The number of ether oxygens (including phenoxy) is 2. The lowest BCUT2D eigenvalue weighted by Crippen LogP contribution is -2.41. The molecule has 5 rings (SSSR count). The second-order valence-corrected chi connectivity index (χ2v) is 18.8. The summed E-state index contributed by atoms with van der Waals surface area (Å²) in [5.74, 6) is 0.470. The average Bonchev–Trinajstić information content (AvgIpc) is 3.07. The predicted octanol–water partition coefficient (Wildman–Crippen LogP) is 9.62. The van der Waals surface area contributed by atoms with Crippen LogP contribution in [0, 0.1) is 18.6 Å². The smallest absolute Gasteiger partial charge is 0.191 e. The number of nitrogens with zero attached hydrogens (tertiary/aromatic N) is 4. The number of nitrogens with one attached hydrogen (secondary N) is 1. The molecule has 11 heteroatoms. The lowest BCUT2D eigenvalue weighted by atomic mass is 9.92. The van der Waals surface area contributed by atoms with Crippen molar-refractivity contribution in [3.05, 3.63) is 101 Å². The van der Waals surface area contributed by atoms with Gasteiger partial charge in [0.25, 0.3) is 0 Å². The van der Waals surface area contributed by atoms with Crippen LogP contribution < -0.4 is 19.7 Å². The molecular formula is C39H49F2N5O3Si. The number of anilines is 3. The number of hydrogen-bond donors (Lipinski definition) is 1. The Labute approximate surface area is 296 Å². The Balaban J connectivity index is 1.45. The van der Waals surface area contributed by atoms with Crippen LogP contribution in [0.5, 0.6) is 11.5 Å². The van der Waals surface area contributed by atoms with Crippen LogP contribution in [0.25, 0.3) is 5.57 Å². The molecule has 0 spiro atoms. The zero-order chi connectivity index (χ0) is 36.1. The van der Waals surface area contributed by atoms with Crippen LogP contribution in [-0.4, -0.2) is 49.1 Å². The number of para-hydroxylation sites is 1. The zero-order valence-corrected chi connectivity index (χ0v) is 31.4. The fourth-order valence-electron chi connectivity index (χ4n) is 5.61. The quantitative estimate of drug-likeness (QED) is 0.103. The Morgan fingerprint density at radius 1 is 0.980 bits per heavy atom. The second-order valence-electron chi connectivity index (χ2n) is 14.0. The first kappa shape index (κ1) is 36.9. The van der Waals surface area contributed by atoms with E-state index in [9.17, 15) is 0 Å². The molecule has 0 saturated heterocycles. The molecule has 4 aromatic rings. The van der Waals surface area contributed by atoms with Gasteiger partial charge in [0, 0.05) is 78.2 Å².